The van der Waals surface area contributed by atoms with E-state index < -0.39 is 17.7 Å². The van der Waals surface area contributed by atoms with Gasteiger partial charge in [0.05, 0.1) is 0 Å². The van der Waals surface area contributed by atoms with Gasteiger partial charge in [-0.1, -0.05) is 47.6 Å². The molecule has 0 saturated carbocycles. The fraction of sp³-hybridized carbons (Fsp3) is 0.765. The summed E-state index contributed by atoms with van der Waals surface area (Å²) < 4.78 is 5.12. The van der Waals surface area contributed by atoms with Crippen LogP contribution in [0.5, 0.6) is 0 Å². The predicted molar refractivity (Wildman–Crippen MR) is 93.9 cm³/mol. The molecule has 0 aromatic rings. The Balaban J connectivity index is -0.000000826. The molecule has 22 heavy (non-hydrogen) atoms. The summed E-state index contributed by atoms with van der Waals surface area (Å²) in [6.07, 6.45) is 0.998. The van der Waals surface area contributed by atoms with Gasteiger partial charge in [-0.15, -0.1) is 6.58 Å². The van der Waals surface area contributed by atoms with Crippen LogP contribution in [0.25, 0.3) is 0 Å². The van der Waals surface area contributed by atoms with Crippen molar-refractivity contribution in [3.63, 3.8) is 0 Å². The summed E-state index contributed by atoms with van der Waals surface area (Å²) in [7, 11) is 0. The molecular formula is C17H36N2O3. The first-order valence-corrected chi connectivity index (χ1v) is 8.05. The normalized spacial score (nSPS) is 11.0. The molecule has 0 saturated heterocycles. The average Bonchev–Trinajstić information content (AvgIpc) is 2.44. The summed E-state index contributed by atoms with van der Waals surface area (Å²) in [5.74, 6) is -0.266. The molecule has 0 bridgehead atoms. The summed E-state index contributed by atoms with van der Waals surface area (Å²) >= 11 is 0. The van der Waals surface area contributed by atoms with Crippen LogP contribution in [-0.4, -0.2) is 30.2 Å². The van der Waals surface area contributed by atoms with Crippen molar-refractivity contribution in [3.8, 4) is 0 Å². The highest BCUT2D eigenvalue weighted by molar-refractivity contribution is 5.86. The second-order valence-corrected chi connectivity index (χ2v) is 5.40. The van der Waals surface area contributed by atoms with E-state index >= 15 is 0 Å². The zero-order chi connectivity index (χ0) is 18.3. The van der Waals surface area contributed by atoms with Crippen LogP contribution in [0.15, 0.2) is 12.7 Å². The molecule has 0 aliphatic rings. The summed E-state index contributed by atoms with van der Waals surface area (Å²) in [6, 6.07) is -0.611. The third-order valence-electron chi connectivity index (χ3n) is 2.04. The summed E-state index contributed by atoms with van der Waals surface area (Å²) in [6.45, 7) is 20.9. The van der Waals surface area contributed by atoms with Gasteiger partial charge in [-0.25, -0.2) is 4.79 Å². The van der Waals surface area contributed by atoms with Crippen LogP contribution in [0.4, 0.5) is 4.79 Å². The molecule has 0 rings (SSSR count). The molecule has 5 heteroatoms. The molecule has 0 aliphatic heterocycles. The van der Waals surface area contributed by atoms with Crippen molar-refractivity contribution in [2.75, 3.05) is 6.54 Å². The van der Waals surface area contributed by atoms with E-state index in [2.05, 4.69) is 17.2 Å². The first-order chi connectivity index (χ1) is 10.2. The first-order valence-electron chi connectivity index (χ1n) is 8.05. The monoisotopic (exact) mass is 316 g/mol. The Bertz CT molecular complexity index is 308. The van der Waals surface area contributed by atoms with E-state index in [4.69, 9.17) is 4.74 Å². The number of carbonyl (C=O) groups excluding carboxylic acids is 2. The van der Waals surface area contributed by atoms with Gasteiger partial charge >= 0.3 is 6.09 Å². The number of alkyl carbamates (subject to hydrolysis) is 1. The van der Waals surface area contributed by atoms with Crippen LogP contribution in [0, 0.1) is 5.92 Å². The maximum Gasteiger partial charge on any atom is 0.408 e. The van der Waals surface area contributed by atoms with Gasteiger partial charge in [0.1, 0.15) is 11.6 Å². The second-order valence-electron chi connectivity index (χ2n) is 5.40. The minimum absolute atomic E-state index is 0.0256. The third-order valence-corrected chi connectivity index (χ3v) is 2.04. The van der Waals surface area contributed by atoms with E-state index in [1.165, 1.54) is 0 Å². The highest BCUT2D eigenvalue weighted by Crippen LogP contribution is 2.08. The summed E-state index contributed by atoms with van der Waals surface area (Å²) in [5, 5.41) is 5.23. The Hall–Kier alpha value is -1.52. The van der Waals surface area contributed by atoms with Gasteiger partial charge in [-0.05, 0) is 26.7 Å². The SMILES string of the molecule is C=CCNC(=O)C(NC(=O)OC(C)(C)C)C(C)C.CC.CC. The quantitative estimate of drug-likeness (QED) is 0.756. The zero-order valence-electron chi connectivity index (χ0n) is 15.9. The molecule has 0 heterocycles. The van der Waals surface area contributed by atoms with Gasteiger partial charge < -0.3 is 15.4 Å². The Morgan fingerprint density at radius 3 is 1.91 bits per heavy atom. The van der Waals surface area contributed by atoms with E-state index in [-0.39, 0.29) is 11.8 Å². The number of nitrogens with one attached hydrogen (secondary N) is 2. The smallest absolute Gasteiger partial charge is 0.408 e. The molecule has 2 N–H and O–H groups in total. The summed E-state index contributed by atoms with van der Waals surface area (Å²) in [5.41, 5.74) is -0.580. The van der Waals surface area contributed by atoms with Gasteiger partial charge in [0, 0.05) is 6.54 Å². The maximum atomic E-state index is 11.8. The minimum Gasteiger partial charge on any atom is -0.444 e. The molecule has 5 nitrogen and oxygen atoms in total. The lowest BCUT2D eigenvalue weighted by molar-refractivity contribution is -0.124. The number of rotatable bonds is 5. The molecule has 0 aliphatic carbocycles. The molecule has 0 radical (unpaired) electrons. The van der Waals surface area contributed by atoms with Gasteiger partial charge in [0.25, 0.3) is 0 Å². The van der Waals surface area contributed by atoms with Crippen molar-refractivity contribution >= 4 is 12.0 Å². The van der Waals surface area contributed by atoms with E-state index in [1.54, 1.807) is 26.8 Å². The lowest BCUT2D eigenvalue weighted by Gasteiger charge is -2.25. The summed E-state index contributed by atoms with van der Waals surface area (Å²) in [4.78, 5) is 23.4. The van der Waals surface area contributed by atoms with E-state index in [0.29, 0.717) is 6.54 Å². The highest BCUT2D eigenvalue weighted by atomic mass is 16.6. The van der Waals surface area contributed by atoms with Crippen molar-refractivity contribution in [1.29, 1.82) is 0 Å². The lowest BCUT2D eigenvalue weighted by Crippen LogP contribution is -2.50. The van der Waals surface area contributed by atoms with Crippen LogP contribution in [0.2, 0.25) is 0 Å². The van der Waals surface area contributed by atoms with Crippen LogP contribution in [0.3, 0.4) is 0 Å². The minimum atomic E-state index is -0.611. The maximum absolute atomic E-state index is 11.8. The zero-order valence-corrected chi connectivity index (χ0v) is 15.9. The topological polar surface area (TPSA) is 67.4 Å². The molecule has 0 aromatic carbocycles. The molecule has 0 aromatic heterocycles. The number of amides is 2. The predicted octanol–water partition coefficient (Wildman–Crippen LogP) is 3.89. The molecule has 2 amide bonds. The Morgan fingerprint density at radius 2 is 1.59 bits per heavy atom. The Morgan fingerprint density at radius 1 is 1.14 bits per heavy atom. The van der Waals surface area contributed by atoms with Gasteiger partial charge in [0.2, 0.25) is 5.91 Å². The van der Waals surface area contributed by atoms with Crippen LogP contribution >= 0.6 is 0 Å². The number of hydrogen-bond acceptors (Lipinski definition) is 3. The molecule has 1 unspecified atom stereocenters. The third kappa shape index (κ3) is 14.9. The number of carbonyl (C=O) groups is 2. The van der Waals surface area contributed by atoms with Crippen LogP contribution in [-0.2, 0) is 9.53 Å². The molecular weight excluding hydrogens is 280 g/mol. The van der Waals surface area contributed by atoms with Crippen molar-refractivity contribution in [2.45, 2.75) is 74.0 Å². The molecule has 0 fully saturated rings. The first kappa shape index (κ1) is 25.4. The van der Waals surface area contributed by atoms with Crippen LogP contribution < -0.4 is 10.6 Å². The largest absolute Gasteiger partial charge is 0.444 e. The van der Waals surface area contributed by atoms with E-state index in [1.807, 2.05) is 41.5 Å². The Labute approximate surface area is 136 Å². The average molecular weight is 316 g/mol. The van der Waals surface area contributed by atoms with Crippen LogP contribution in [0.1, 0.15) is 62.3 Å². The van der Waals surface area contributed by atoms with Gasteiger partial charge in [-0.2, -0.15) is 0 Å². The van der Waals surface area contributed by atoms with E-state index in [9.17, 15) is 9.59 Å². The van der Waals surface area contributed by atoms with Crippen molar-refractivity contribution in [3.05, 3.63) is 12.7 Å². The molecule has 132 valence electrons. The van der Waals surface area contributed by atoms with Gasteiger partial charge in [-0.3, -0.25) is 4.79 Å². The van der Waals surface area contributed by atoms with Crippen molar-refractivity contribution in [2.24, 2.45) is 5.92 Å². The van der Waals surface area contributed by atoms with Gasteiger partial charge in [0.15, 0.2) is 0 Å². The highest BCUT2D eigenvalue weighted by Gasteiger charge is 2.26. The molecule has 1 atom stereocenters. The molecule has 0 spiro atoms. The number of ether oxygens (including phenoxy) is 1. The van der Waals surface area contributed by atoms with Crippen molar-refractivity contribution in [1.82, 2.24) is 10.6 Å². The van der Waals surface area contributed by atoms with E-state index in [0.717, 1.165) is 0 Å². The van der Waals surface area contributed by atoms with Crippen molar-refractivity contribution < 1.29 is 14.3 Å². The lowest BCUT2D eigenvalue weighted by atomic mass is 10.0. The number of hydrogen-bond donors (Lipinski definition) is 2. The second kappa shape index (κ2) is 14.4. The standard InChI is InChI=1S/C13H24N2O3.2C2H6/c1-7-8-14-11(16)10(9(2)3)15-12(17)18-13(4,5)6;2*1-2/h7,9-10H,1,8H2,2-6H3,(H,14,16)(H,15,17);2*1-2H3. The Kier molecular flexibility index (Phi) is 16.7. The fourth-order valence-corrected chi connectivity index (χ4v) is 1.25. The fourth-order valence-electron chi connectivity index (χ4n) is 1.25.